The van der Waals surface area contributed by atoms with Crippen LogP contribution in [-0.4, -0.2) is 29.0 Å². The van der Waals surface area contributed by atoms with Gasteiger partial charge in [0, 0.05) is 18.6 Å². The summed E-state index contributed by atoms with van der Waals surface area (Å²) < 4.78 is 0.896. The van der Waals surface area contributed by atoms with E-state index in [2.05, 4.69) is 36.2 Å². The van der Waals surface area contributed by atoms with Gasteiger partial charge in [0.25, 0.3) is 0 Å². The molecule has 0 amide bonds. The lowest BCUT2D eigenvalue weighted by Gasteiger charge is -2.12. The van der Waals surface area contributed by atoms with Crippen LogP contribution in [0.1, 0.15) is 0 Å². The lowest BCUT2D eigenvalue weighted by Crippen LogP contribution is -2.15. The molecule has 0 spiro atoms. The van der Waals surface area contributed by atoms with Crippen LogP contribution >= 0.6 is 27.5 Å². The van der Waals surface area contributed by atoms with Crippen molar-refractivity contribution in [1.82, 2.24) is 15.0 Å². The van der Waals surface area contributed by atoms with Crippen LogP contribution in [-0.2, 0) is 0 Å². The second-order valence-corrected chi connectivity index (χ2v) is 5.28. The van der Waals surface area contributed by atoms with Gasteiger partial charge in [-0.25, -0.2) is 0 Å². The first-order chi connectivity index (χ1) is 8.95. The van der Waals surface area contributed by atoms with Gasteiger partial charge in [-0.3, -0.25) is 0 Å². The van der Waals surface area contributed by atoms with Crippen LogP contribution < -0.4 is 16.0 Å². The Bertz CT molecular complexity index is 604. The van der Waals surface area contributed by atoms with Crippen molar-refractivity contribution in [3.05, 3.63) is 27.7 Å². The average Bonchev–Trinajstić information content (AvgIpc) is 2.32. The largest absolute Gasteiger partial charge is 0.368 e. The van der Waals surface area contributed by atoms with E-state index in [-0.39, 0.29) is 5.95 Å². The number of hydrogen-bond donors (Lipinski definition) is 2. The maximum Gasteiger partial charge on any atom is 0.233 e. The Balaban J connectivity index is 2.32. The van der Waals surface area contributed by atoms with Gasteiger partial charge < -0.3 is 16.0 Å². The maximum atomic E-state index is 6.12. The molecule has 1 heterocycles. The number of rotatable bonds is 3. The summed E-state index contributed by atoms with van der Waals surface area (Å²) in [6.45, 7) is 0. The Morgan fingerprint density at radius 3 is 2.63 bits per heavy atom. The molecular weight excluding hydrogens is 332 g/mol. The fraction of sp³-hybridized carbons (Fsp3) is 0.182. The molecule has 0 aliphatic carbocycles. The molecule has 2 aromatic rings. The lowest BCUT2D eigenvalue weighted by molar-refractivity contribution is 0.969. The second kappa shape index (κ2) is 5.58. The molecule has 0 saturated heterocycles. The van der Waals surface area contributed by atoms with Crippen molar-refractivity contribution in [1.29, 1.82) is 0 Å². The molecule has 100 valence electrons. The van der Waals surface area contributed by atoms with Gasteiger partial charge in [0.15, 0.2) is 0 Å². The van der Waals surface area contributed by atoms with E-state index < -0.39 is 0 Å². The van der Waals surface area contributed by atoms with E-state index in [0.717, 1.165) is 4.47 Å². The predicted molar refractivity (Wildman–Crippen MR) is 81.0 cm³/mol. The third-order valence-corrected chi connectivity index (χ3v) is 3.02. The normalized spacial score (nSPS) is 10.3. The molecule has 0 aliphatic heterocycles. The molecule has 0 unspecified atom stereocenters. The number of anilines is 4. The molecule has 0 atom stereocenters. The van der Waals surface area contributed by atoms with Crippen LogP contribution in [0.15, 0.2) is 22.7 Å². The highest BCUT2D eigenvalue weighted by atomic mass is 79.9. The zero-order chi connectivity index (χ0) is 14.0. The molecule has 3 N–H and O–H groups in total. The van der Waals surface area contributed by atoms with Crippen LogP contribution in [0.25, 0.3) is 0 Å². The van der Waals surface area contributed by atoms with Crippen LogP contribution in [0.2, 0.25) is 5.02 Å². The third-order valence-electron chi connectivity index (χ3n) is 2.22. The van der Waals surface area contributed by atoms with Crippen molar-refractivity contribution in [2.45, 2.75) is 0 Å². The molecule has 2 rings (SSSR count). The first-order valence-corrected chi connectivity index (χ1v) is 6.54. The Kier molecular flexibility index (Phi) is 4.06. The SMILES string of the molecule is CN(C)c1nc(N)nc(Nc2ccc(Br)cc2Cl)n1. The molecule has 0 saturated carbocycles. The van der Waals surface area contributed by atoms with E-state index in [9.17, 15) is 0 Å². The van der Waals surface area contributed by atoms with Crippen molar-refractivity contribution in [3.63, 3.8) is 0 Å². The number of halogens is 2. The van der Waals surface area contributed by atoms with Gasteiger partial charge in [-0.1, -0.05) is 27.5 Å². The van der Waals surface area contributed by atoms with Crippen LogP contribution in [0.5, 0.6) is 0 Å². The summed E-state index contributed by atoms with van der Waals surface area (Å²) in [7, 11) is 3.65. The Morgan fingerprint density at radius 1 is 1.26 bits per heavy atom. The average molecular weight is 344 g/mol. The first-order valence-electron chi connectivity index (χ1n) is 5.36. The number of benzene rings is 1. The summed E-state index contributed by atoms with van der Waals surface area (Å²) >= 11 is 9.46. The van der Waals surface area contributed by atoms with Crippen LogP contribution in [0.4, 0.5) is 23.5 Å². The number of hydrogen-bond acceptors (Lipinski definition) is 6. The third kappa shape index (κ3) is 3.45. The molecule has 0 aliphatic rings. The monoisotopic (exact) mass is 342 g/mol. The topological polar surface area (TPSA) is 80.0 Å². The maximum absolute atomic E-state index is 6.12. The van der Waals surface area contributed by atoms with Gasteiger partial charge in [-0.2, -0.15) is 15.0 Å². The van der Waals surface area contributed by atoms with Gasteiger partial charge in [-0.05, 0) is 18.2 Å². The molecule has 8 heteroatoms. The fourth-order valence-corrected chi connectivity index (χ4v) is 2.07. The van der Waals surface area contributed by atoms with E-state index in [1.54, 1.807) is 11.0 Å². The van der Waals surface area contributed by atoms with E-state index in [0.29, 0.717) is 22.6 Å². The second-order valence-electron chi connectivity index (χ2n) is 3.96. The van der Waals surface area contributed by atoms with Gasteiger partial charge >= 0.3 is 0 Å². The molecule has 0 radical (unpaired) electrons. The van der Waals surface area contributed by atoms with Crippen molar-refractivity contribution in [3.8, 4) is 0 Å². The van der Waals surface area contributed by atoms with Crippen molar-refractivity contribution in [2.24, 2.45) is 0 Å². The van der Waals surface area contributed by atoms with Crippen LogP contribution in [0.3, 0.4) is 0 Å². The summed E-state index contributed by atoms with van der Waals surface area (Å²) in [5.41, 5.74) is 6.34. The molecule has 0 bridgehead atoms. The van der Waals surface area contributed by atoms with Crippen molar-refractivity contribution in [2.75, 3.05) is 30.0 Å². The highest BCUT2D eigenvalue weighted by molar-refractivity contribution is 9.10. The quantitative estimate of drug-likeness (QED) is 0.892. The fourth-order valence-electron chi connectivity index (χ4n) is 1.35. The Hall–Kier alpha value is -1.60. The summed E-state index contributed by atoms with van der Waals surface area (Å²) in [5.74, 6) is 0.970. The number of nitrogens with two attached hydrogens (primary N) is 1. The Morgan fingerprint density at radius 2 is 2.00 bits per heavy atom. The number of nitrogens with one attached hydrogen (secondary N) is 1. The van der Waals surface area contributed by atoms with Crippen molar-refractivity contribution >= 4 is 51.1 Å². The van der Waals surface area contributed by atoms with Crippen LogP contribution in [0, 0.1) is 0 Å². The summed E-state index contributed by atoms with van der Waals surface area (Å²) in [5, 5.41) is 3.57. The molecule has 6 nitrogen and oxygen atoms in total. The minimum absolute atomic E-state index is 0.148. The smallest absolute Gasteiger partial charge is 0.233 e. The standard InChI is InChI=1S/C11H12BrClN6/c1-19(2)11-17-9(14)16-10(18-11)15-8-4-3-6(12)5-7(8)13/h3-5H,1-2H3,(H3,14,15,16,17,18). The molecule has 0 fully saturated rings. The molecule has 1 aromatic heterocycles. The van der Waals surface area contributed by atoms with E-state index in [1.807, 2.05) is 26.2 Å². The van der Waals surface area contributed by atoms with Gasteiger partial charge in [0.2, 0.25) is 17.8 Å². The highest BCUT2D eigenvalue weighted by Gasteiger charge is 2.08. The van der Waals surface area contributed by atoms with Gasteiger partial charge in [-0.15, -0.1) is 0 Å². The van der Waals surface area contributed by atoms with E-state index >= 15 is 0 Å². The minimum Gasteiger partial charge on any atom is -0.368 e. The number of nitrogen functional groups attached to an aromatic ring is 1. The summed E-state index contributed by atoms with van der Waals surface area (Å²) in [4.78, 5) is 14.0. The van der Waals surface area contributed by atoms with Gasteiger partial charge in [0.1, 0.15) is 0 Å². The molecule has 19 heavy (non-hydrogen) atoms. The summed E-state index contributed by atoms with van der Waals surface area (Å²) in [6.07, 6.45) is 0. The Labute approximate surface area is 124 Å². The number of nitrogens with zero attached hydrogens (tertiary/aromatic N) is 4. The summed E-state index contributed by atoms with van der Waals surface area (Å²) in [6, 6.07) is 5.47. The van der Waals surface area contributed by atoms with E-state index in [4.69, 9.17) is 17.3 Å². The minimum atomic E-state index is 0.148. The van der Waals surface area contributed by atoms with E-state index in [1.165, 1.54) is 0 Å². The van der Waals surface area contributed by atoms with Gasteiger partial charge in [0.05, 0.1) is 10.7 Å². The lowest BCUT2D eigenvalue weighted by atomic mass is 10.3. The van der Waals surface area contributed by atoms with Crippen molar-refractivity contribution < 1.29 is 0 Å². The zero-order valence-corrected chi connectivity index (χ0v) is 12.7. The predicted octanol–water partition coefficient (Wildman–Crippen LogP) is 2.68. The number of aromatic nitrogens is 3. The molecular formula is C11H12BrClN6. The first kappa shape index (κ1) is 13.8. The molecule has 1 aromatic carbocycles. The zero-order valence-electron chi connectivity index (χ0n) is 10.4. The highest BCUT2D eigenvalue weighted by Crippen LogP contribution is 2.27.